The second kappa shape index (κ2) is 7.53. The first-order valence-corrected chi connectivity index (χ1v) is 8.94. The third-order valence-corrected chi connectivity index (χ3v) is 5.16. The van der Waals surface area contributed by atoms with E-state index in [1.54, 1.807) is 25.6 Å². The van der Waals surface area contributed by atoms with Gasteiger partial charge in [-0.1, -0.05) is 0 Å². The monoisotopic (exact) mass is 383 g/mol. The summed E-state index contributed by atoms with van der Waals surface area (Å²) in [6.07, 6.45) is -2.39. The van der Waals surface area contributed by atoms with Gasteiger partial charge in [0.25, 0.3) is 0 Å². The summed E-state index contributed by atoms with van der Waals surface area (Å²) in [5.41, 5.74) is 13.0. The van der Waals surface area contributed by atoms with Gasteiger partial charge in [0.2, 0.25) is 0 Å². The van der Waals surface area contributed by atoms with Crippen LogP contribution in [0.1, 0.15) is 35.0 Å². The van der Waals surface area contributed by atoms with Crippen molar-refractivity contribution >= 4 is 35.3 Å². The van der Waals surface area contributed by atoms with Crippen molar-refractivity contribution in [3.63, 3.8) is 0 Å². The number of rotatable bonds is 4. The van der Waals surface area contributed by atoms with Crippen LogP contribution in [0, 0.1) is 17.7 Å². The normalized spacial score (nSPS) is 16.3. The molecule has 9 heteroatoms. The average molecular weight is 383 g/mol. The molecule has 1 aromatic rings. The number of allylic oxidation sites excluding steroid dienone is 4. The molecule has 2 rings (SSSR count). The zero-order valence-corrected chi connectivity index (χ0v) is 15.2. The van der Waals surface area contributed by atoms with Gasteiger partial charge in [0, 0.05) is 46.3 Å². The van der Waals surface area contributed by atoms with Crippen molar-refractivity contribution in [1.29, 1.82) is 10.8 Å². The van der Waals surface area contributed by atoms with Crippen molar-refractivity contribution in [2.75, 3.05) is 5.75 Å². The maximum absolute atomic E-state index is 13.1. The third-order valence-electron chi connectivity index (χ3n) is 4.17. The lowest BCUT2D eigenvalue weighted by atomic mass is 9.89. The number of aryl methyl sites for hydroxylation is 1. The van der Waals surface area contributed by atoms with Crippen molar-refractivity contribution in [2.45, 2.75) is 32.2 Å². The molecule has 0 spiro atoms. The Hall–Kier alpha value is -2.29. The predicted octanol–water partition coefficient (Wildman–Crippen LogP) is 3.40. The van der Waals surface area contributed by atoms with Crippen LogP contribution in [0.2, 0.25) is 0 Å². The highest BCUT2D eigenvalue weighted by atomic mass is 32.2. The van der Waals surface area contributed by atoms with Gasteiger partial charge in [0.15, 0.2) is 0 Å². The lowest BCUT2D eigenvalue weighted by molar-refractivity contribution is -0.0919. The van der Waals surface area contributed by atoms with Gasteiger partial charge in [-0.15, -0.1) is 0 Å². The first kappa shape index (κ1) is 20.0. The molecule has 0 radical (unpaired) electrons. The standard InChI is InChI=1S/C17H20F3N5S/c1-8(23)11(5-21)14-9(2)25-15(13-7-26-4-3-10(13)14)12(6-22)16(24)17(18,19)20/h5-6,21-22H,3-4,7,23-24H2,1-2H3/b11-8+,16-12?,21-5?,22-6?. The molecule has 6 N–H and O–H groups in total. The Labute approximate surface area is 153 Å². The van der Waals surface area contributed by atoms with E-state index in [-0.39, 0.29) is 5.69 Å². The summed E-state index contributed by atoms with van der Waals surface area (Å²) in [6.45, 7) is 3.33. The van der Waals surface area contributed by atoms with Crippen LogP contribution in [-0.2, 0) is 12.2 Å². The quantitative estimate of drug-likeness (QED) is 0.597. The molecule has 0 saturated carbocycles. The summed E-state index contributed by atoms with van der Waals surface area (Å²) in [4.78, 5) is 4.35. The van der Waals surface area contributed by atoms with Gasteiger partial charge in [0.1, 0.15) is 5.70 Å². The fourth-order valence-corrected chi connectivity index (χ4v) is 3.98. The molecule has 0 atom stereocenters. The summed E-state index contributed by atoms with van der Waals surface area (Å²) >= 11 is 1.58. The zero-order valence-electron chi connectivity index (χ0n) is 14.4. The Morgan fingerprint density at radius 2 is 1.77 bits per heavy atom. The van der Waals surface area contributed by atoms with E-state index >= 15 is 0 Å². The van der Waals surface area contributed by atoms with Gasteiger partial charge in [0.05, 0.1) is 5.69 Å². The number of thioether (sulfide) groups is 1. The molecular weight excluding hydrogens is 363 g/mol. The number of halogens is 3. The van der Waals surface area contributed by atoms with Crippen LogP contribution in [0.15, 0.2) is 11.4 Å². The number of alkyl halides is 3. The molecule has 0 aromatic carbocycles. The highest BCUT2D eigenvalue weighted by Crippen LogP contribution is 2.37. The third kappa shape index (κ3) is 3.62. The fraction of sp³-hybridized carbons (Fsp3) is 0.353. The van der Waals surface area contributed by atoms with E-state index < -0.39 is 17.4 Å². The summed E-state index contributed by atoms with van der Waals surface area (Å²) in [5, 5.41) is 15.1. The minimum atomic E-state index is -4.75. The molecule has 2 heterocycles. The molecule has 0 bridgehead atoms. The van der Waals surface area contributed by atoms with Crippen molar-refractivity contribution in [3.05, 3.63) is 39.5 Å². The smallest absolute Gasteiger partial charge is 0.402 e. The molecule has 1 aliphatic heterocycles. The Kier molecular flexibility index (Phi) is 5.80. The van der Waals surface area contributed by atoms with Crippen molar-refractivity contribution in [3.8, 4) is 0 Å². The van der Waals surface area contributed by atoms with E-state index in [1.165, 1.54) is 0 Å². The lowest BCUT2D eigenvalue weighted by Crippen LogP contribution is -2.23. The second-order valence-corrected chi connectivity index (χ2v) is 7.00. The molecule has 1 aliphatic rings. The fourth-order valence-electron chi connectivity index (χ4n) is 2.97. The van der Waals surface area contributed by atoms with E-state index in [0.29, 0.717) is 46.5 Å². The average Bonchev–Trinajstić information content (AvgIpc) is 2.57. The molecular formula is C17H20F3N5S. The lowest BCUT2D eigenvalue weighted by Gasteiger charge is -2.25. The predicted molar refractivity (Wildman–Crippen MR) is 100 cm³/mol. The Morgan fingerprint density at radius 3 is 2.27 bits per heavy atom. The van der Waals surface area contributed by atoms with Crippen LogP contribution < -0.4 is 11.5 Å². The van der Waals surface area contributed by atoms with Gasteiger partial charge in [-0.05, 0) is 37.1 Å². The number of aromatic nitrogens is 1. The summed E-state index contributed by atoms with van der Waals surface area (Å²) in [7, 11) is 0. The molecule has 1 aromatic heterocycles. The first-order chi connectivity index (χ1) is 12.1. The SMILES string of the molecule is C/C(N)=C(/C=N)c1c(C)nc(C(C=N)=C(N)C(F)(F)F)c2c1CCSC2. The van der Waals surface area contributed by atoms with Gasteiger partial charge < -0.3 is 22.3 Å². The molecule has 0 saturated heterocycles. The van der Waals surface area contributed by atoms with Gasteiger partial charge in [-0.3, -0.25) is 4.98 Å². The molecule has 0 unspecified atom stereocenters. The van der Waals surface area contributed by atoms with Crippen LogP contribution in [0.3, 0.4) is 0 Å². The summed E-state index contributed by atoms with van der Waals surface area (Å²) < 4.78 is 39.3. The number of nitrogens with one attached hydrogen (secondary N) is 2. The molecule has 5 nitrogen and oxygen atoms in total. The number of hydrogen-bond donors (Lipinski definition) is 4. The molecule has 0 fully saturated rings. The maximum Gasteiger partial charge on any atom is 0.431 e. The van der Waals surface area contributed by atoms with Crippen molar-refractivity contribution < 1.29 is 13.2 Å². The largest absolute Gasteiger partial charge is 0.431 e. The van der Waals surface area contributed by atoms with E-state index in [0.717, 1.165) is 17.5 Å². The Bertz CT molecular complexity index is 821. The minimum Gasteiger partial charge on any atom is -0.402 e. The van der Waals surface area contributed by atoms with E-state index in [2.05, 4.69) is 4.98 Å². The van der Waals surface area contributed by atoms with Crippen LogP contribution in [0.5, 0.6) is 0 Å². The molecule has 0 aliphatic carbocycles. The second-order valence-electron chi connectivity index (χ2n) is 5.89. The van der Waals surface area contributed by atoms with E-state index in [9.17, 15) is 13.2 Å². The number of nitrogens with two attached hydrogens (primary N) is 2. The Balaban J connectivity index is 2.88. The van der Waals surface area contributed by atoms with Crippen LogP contribution in [0.25, 0.3) is 11.1 Å². The number of fused-ring (bicyclic) bond motifs is 1. The Morgan fingerprint density at radius 1 is 1.15 bits per heavy atom. The zero-order chi connectivity index (χ0) is 19.6. The first-order valence-electron chi connectivity index (χ1n) is 7.78. The molecule has 26 heavy (non-hydrogen) atoms. The molecule has 0 amide bonds. The maximum atomic E-state index is 13.1. The highest BCUT2D eigenvalue weighted by Gasteiger charge is 2.36. The van der Waals surface area contributed by atoms with E-state index in [1.807, 2.05) is 0 Å². The number of hydrogen-bond acceptors (Lipinski definition) is 6. The number of pyridine rings is 1. The van der Waals surface area contributed by atoms with Gasteiger partial charge >= 0.3 is 6.18 Å². The highest BCUT2D eigenvalue weighted by molar-refractivity contribution is 7.98. The van der Waals surface area contributed by atoms with Crippen LogP contribution in [-0.4, -0.2) is 29.3 Å². The van der Waals surface area contributed by atoms with Crippen LogP contribution in [0.4, 0.5) is 13.2 Å². The van der Waals surface area contributed by atoms with E-state index in [4.69, 9.17) is 22.3 Å². The summed E-state index contributed by atoms with van der Waals surface area (Å²) in [5.74, 6) is 1.26. The van der Waals surface area contributed by atoms with Crippen molar-refractivity contribution in [2.24, 2.45) is 11.5 Å². The van der Waals surface area contributed by atoms with Gasteiger partial charge in [-0.2, -0.15) is 24.9 Å². The minimum absolute atomic E-state index is 0.0808. The van der Waals surface area contributed by atoms with Gasteiger partial charge in [-0.25, -0.2) is 0 Å². The van der Waals surface area contributed by atoms with Crippen molar-refractivity contribution in [1.82, 2.24) is 4.98 Å². The number of nitrogens with zero attached hydrogens (tertiary/aromatic N) is 1. The molecule has 140 valence electrons. The summed E-state index contributed by atoms with van der Waals surface area (Å²) in [6, 6.07) is 0. The topological polar surface area (TPSA) is 113 Å². The van der Waals surface area contributed by atoms with Crippen LogP contribution >= 0.6 is 11.8 Å².